The number of anilines is 1. The number of halogens is 2. The standard InChI is InChI=1S/C32H37F2N/c1-10-12-26(21(3)4)19-29(23(7)8)24(9)35(11-2)32-20-27(13-16-28(32)22(5)6)25-14-17-30(33)31(34)18-15-25/h10,12-20,30H,3,5,9,11H2,1-2,4,6-8H3/b12-10-,26-19+. The first-order valence-electron chi connectivity index (χ1n) is 11.9. The van der Waals surface area contributed by atoms with E-state index >= 15 is 0 Å². The Morgan fingerprint density at radius 3 is 2.31 bits per heavy atom. The molecule has 0 N–H and O–H groups in total. The van der Waals surface area contributed by atoms with Gasteiger partial charge >= 0.3 is 0 Å². The van der Waals surface area contributed by atoms with E-state index in [1.807, 2.05) is 51.1 Å². The van der Waals surface area contributed by atoms with Crippen LogP contribution in [0.4, 0.5) is 14.5 Å². The highest BCUT2D eigenvalue weighted by Crippen LogP contribution is 2.35. The highest BCUT2D eigenvalue weighted by atomic mass is 19.2. The van der Waals surface area contributed by atoms with Gasteiger partial charge in [0.1, 0.15) is 5.83 Å². The van der Waals surface area contributed by atoms with Crippen LogP contribution < -0.4 is 4.90 Å². The Kier molecular flexibility index (Phi) is 9.77. The lowest BCUT2D eigenvalue weighted by Crippen LogP contribution is -2.24. The molecule has 0 amide bonds. The maximum atomic E-state index is 13.8. The van der Waals surface area contributed by atoms with E-state index in [-0.39, 0.29) is 0 Å². The van der Waals surface area contributed by atoms with Crippen molar-refractivity contribution in [3.05, 3.63) is 125 Å². The van der Waals surface area contributed by atoms with Gasteiger partial charge in [0, 0.05) is 23.5 Å². The van der Waals surface area contributed by atoms with Gasteiger partial charge in [-0.05, 0) is 93.7 Å². The third-order valence-corrected chi connectivity index (χ3v) is 5.84. The molecule has 0 aliphatic heterocycles. The van der Waals surface area contributed by atoms with Crippen molar-refractivity contribution in [2.45, 2.75) is 47.7 Å². The van der Waals surface area contributed by atoms with Crippen LogP contribution in [-0.4, -0.2) is 12.7 Å². The minimum Gasteiger partial charge on any atom is -0.341 e. The van der Waals surface area contributed by atoms with E-state index in [0.717, 1.165) is 55.9 Å². The monoisotopic (exact) mass is 473 g/mol. The molecule has 2 rings (SSSR count). The molecular weight excluding hydrogens is 436 g/mol. The zero-order chi connectivity index (χ0) is 26.3. The molecule has 0 fully saturated rings. The fourth-order valence-electron chi connectivity index (χ4n) is 3.90. The molecule has 0 bridgehead atoms. The van der Waals surface area contributed by atoms with E-state index in [9.17, 15) is 8.78 Å². The van der Waals surface area contributed by atoms with Crippen molar-refractivity contribution >= 4 is 16.8 Å². The largest absolute Gasteiger partial charge is 0.341 e. The smallest absolute Gasteiger partial charge is 0.170 e. The summed E-state index contributed by atoms with van der Waals surface area (Å²) in [6.45, 7) is 25.6. The van der Waals surface area contributed by atoms with Gasteiger partial charge in [0.15, 0.2) is 6.17 Å². The van der Waals surface area contributed by atoms with E-state index in [0.29, 0.717) is 6.54 Å². The van der Waals surface area contributed by atoms with Gasteiger partial charge in [0.05, 0.1) is 0 Å². The van der Waals surface area contributed by atoms with Crippen molar-refractivity contribution in [1.82, 2.24) is 0 Å². The van der Waals surface area contributed by atoms with Crippen molar-refractivity contribution in [3.8, 4) is 0 Å². The number of alkyl halides is 1. The van der Waals surface area contributed by atoms with E-state index in [1.54, 1.807) is 12.2 Å². The zero-order valence-corrected chi connectivity index (χ0v) is 21.9. The molecule has 0 radical (unpaired) electrons. The second-order valence-corrected chi connectivity index (χ2v) is 8.93. The first kappa shape index (κ1) is 27.8. The second kappa shape index (κ2) is 12.3. The van der Waals surface area contributed by atoms with Gasteiger partial charge < -0.3 is 4.90 Å². The topological polar surface area (TPSA) is 3.24 Å². The van der Waals surface area contributed by atoms with Crippen LogP contribution >= 0.6 is 0 Å². The molecule has 35 heavy (non-hydrogen) atoms. The van der Waals surface area contributed by atoms with E-state index in [1.165, 1.54) is 12.2 Å². The number of rotatable bonds is 9. The van der Waals surface area contributed by atoms with Crippen LogP contribution in [0.1, 0.15) is 52.7 Å². The number of allylic oxidation sites excluding steroid dienone is 13. The molecule has 1 nitrogen and oxygen atoms in total. The molecule has 1 aromatic carbocycles. The van der Waals surface area contributed by atoms with Crippen molar-refractivity contribution < 1.29 is 8.78 Å². The molecule has 1 aliphatic rings. The Morgan fingerprint density at radius 2 is 1.77 bits per heavy atom. The quantitative estimate of drug-likeness (QED) is 0.323. The van der Waals surface area contributed by atoms with Gasteiger partial charge in [-0.2, -0.15) is 0 Å². The molecule has 0 aromatic heterocycles. The third-order valence-electron chi connectivity index (χ3n) is 5.84. The Hall–Kier alpha value is -3.46. The average Bonchev–Trinajstić information content (AvgIpc) is 2.97. The Balaban J connectivity index is 2.68. The molecule has 1 aromatic rings. The normalized spacial score (nSPS) is 15.9. The summed E-state index contributed by atoms with van der Waals surface area (Å²) in [6, 6.07) is 6.00. The lowest BCUT2D eigenvalue weighted by Gasteiger charge is -2.30. The summed E-state index contributed by atoms with van der Waals surface area (Å²) in [6.07, 6.45) is 10.1. The van der Waals surface area contributed by atoms with Gasteiger partial charge in [-0.3, -0.25) is 0 Å². The number of hydrogen-bond acceptors (Lipinski definition) is 1. The van der Waals surface area contributed by atoms with E-state index < -0.39 is 12.0 Å². The Bertz CT molecular complexity index is 1190. The van der Waals surface area contributed by atoms with Gasteiger partial charge in [0.25, 0.3) is 0 Å². The molecular formula is C32H37F2N. The van der Waals surface area contributed by atoms with Crippen LogP contribution in [0.2, 0.25) is 0 Å². The predicted octanol–water partition coefficient (Wildman–Crippen LogP) is 9.62. The van der Waals surface area contributed by atoms with Crippen LogP contribution in [0.25, 0.3) is 11.1 Å². The maximum absolute atomic E-state index is 13.8. The van der Waals surface area contributed by atoms with Gasteiger partial charge in [-0.1, -0.05) is 67.3 Å². The lowest BCUT2D eigenvalue weighted by atomic mass is 9.96. The number of nitrogens with zero attached hydrogens (tertiary/aromatic N) is 1. The predicted molar refractivity (Wildman–Crippen MR) is 151 cm³/mol. The van der Waals surface area contributed by atoms with Crippen LogP contribution in [-0.2, 0) is 0 Å². The second-order valence-electron chi connectivity index (χ2n) is 8.93. The van der Waals surface area contributed by atoms with E-state index in [4.69, 9.17) is 0 Å². The molecule has 1 aliphatic carbocycles. The summed E-state index contributed by atoms with van der Waals surface area (Å²) in [4.78, 5) is 2.16. The number of likely N-dealkylation sites (N-methyl/N-ethyl adjacent to an activating group) is 1. The van der Waals surface area contributed by atoms with Crippen LogP contribution in [0, 0.1) is 0 Å². The van der Waals surface area contributed by atoms with Crippen LogP contribution in [0.15, 0.2) is 114 Å². The van der Waals surface area contributed by atoms with Crippen molar-refractivity contribution in [2.75, 3.05) is 11.4 Å². The van der Waals surface area contributed by atoms with Crippen LogP contribution in [0.5, 0.6) is 0 Å². The molecule has 1 atom stereocenters. The fourth-order valence-corrected chi connectivity index (χ4v) is 3.90. The minimum atomic E-state index is -1.73. The van der Waals surface area contributed by atoms with Crippen molar-refractivity contribution in [2.24, 2.45) is 0 Å². The molecule has 0 saturated heterocycles. The Morgan fingerprint density at radius 1 is 1.09 bits per heavy atom. The molecule has 0 heterocycles. The SMILES string of the molecule is C=C(C)C(/C=C\C)=C/C(C(=C)N(CC)c1cc(C2=CC=C(F)C(F)C=C2)ccc1C(=C)C)=C(C)C. The van der Waals surface area contributed by atoms with Crippen LogP contribution in [0.3, 0.4) is 0 Å². The highest BCUT2D eigenvalue weighted by Gasteiger charge is 2.19. The molecule has 0 spiro atoms. The fraction of sp³-hybridized carbons (Fsp3) is 0.250. The summed E-state index contributed by atoms with van der Waals surface area (Å²) in [7, 11) is 0. The third kappa shape index (κ3) is 6.79. The van der Waals surface area contributed by atoms with Crippen molar-refractivity contribution in [3.63, 3.8) is 0 Å². The first-order valence-corrected chi connectivity index (χ1v) is 11.9. The summed E-state index contributed by atoms with van der Waals surface area (Å²) >= 11 is 0. The van der Waals surface area contributed by atoms with E-state index in [2.05, 4.69) is 51.5 Å². The molecule has 1 unspecified atom stereocenters. The highest BCUT2D eigenvalue weighted by molar-refractivity contribution is 5.84. The lowest BCUT2D eigenvalue weighted by molar-refractivity contribution is 0.382. The summed E-state index contributed by atoms with van der Waals surface area (Å²) < 4.78 is 27.6. The molecule has 184 valence electrons. The maximum Gasteiger partial charge on any atom is 0.170 e. The minimum absolute atomic E-state index is 0.676. The van der Waals surface area contributed by atoms with Gasteiger partial charge in [-0.25, -0.2) is 8.78 Å². The summed E-state index contributed by atoms with van der Waals surface area (Å²) in [5, 5.41) is 0. The van der Waals surface area contributed by atoms with Crippen molar-refractivity contribution in [1.29, 1.82) is 0 Å². The molecule has 0 saturated carbocycles. The van der Waals surface area contributed by atoms with Gasteiger partial charge in [0.2, 0.25) is 0 Å². The zero-order valence-electron chi connectivity index (χ0n) is 21.9. The number of benzene rings is 1. The average molecular weight is 474 g/mol. The molecule has 3 heteroatoms. The number of hydrogen-bond donors (Lipinski definition) is 0. The first-order chi connectivity index (χ1) is 16.5. The summed E-state index contributed by atoms with van der Waals surface area (Å²) in [5.41, 5.74) is 9.47. The van der Waals surface area contributed by atoms with Gasteiger partial charge in [-0.15, -0.1) is 0 Å². The summed E-state index contributed by atoms with van der Waals surface area (Å²) in [5.74, 6) is -0.798. The Labute approximate surface area is 210 Å².